The van der Waals surface area contributed by atoms with Gasteiger partial charge in [0.2, 0.25) is 10.0 Å². The second kappa shape index (κ2) is 8.93. The summed E-state index contributed by atoms with van der Waals surface area (Å²) in [5, 5.41) is 0. The van der Waals surface area contributed by atoms with Gasteiger partial charge in [-0.25, -0.2) is 17.5 Å². The lowest BCUT2D eigenvalue weighted by atomic mass is 10.0. The molecule has 0 radical (unpaired) electrons. The predicted octanol–water partition coefficient (Wildman–Crippen LogP) is 2.48. The molecule has 3 rings (SSSR count). The molecule has 0 amide bonds. The van der Waals surface area contributed by atoms with Gasteiger partial charge in [0, 0.05) is 38.8 Å². The van der Waals surface area contributed by atoms with Crippen LogP contribution in [0, 0.1) is 5.82 Å². The van der Waals surface area contributed by atoms with E-state index in [2.05, 4.69) is 33.7 Å². The lowest BCUT2D eigenvalue weighted by Crippen LogP contribution is -2.47. The Morgan fingerprint density at radius 2 is 1.78 bits per heavy atom. The van der Waals surface area contributed by atoms with E-state index in [0.29, 0.717) is 12.5 Å². The fraction of sp³-hybridized carbons (Fsp3) is 0.400. The molecular weight excluding hydrogens is 365 g/mol. The Kier molecular flexibility index (Phi) is 6.59. The first-order valence-electron chi connectivity index (χ1n) is 9.19. The third kappa shape index (κ3) is 5.13. The minimum absolute atomic E-state index is 0.282. The van der Waals surface area contributed by atoms with Gasteiger partial charge in [-0.1, -0.05) is 42.5 Å². The van der Waals surface area contributed by atoms with Crippen LogP contribution in [-0.2, 0) is 10.0 Å². The Hall–Kier alpha value is -1.80. The molecule has 0 spiro atoms. The van der Waals surface area contributed by atoms with Gasteiger partial charge in [-0.2, -0.15) is 0 Å². The number of likely N-dealkylation sites (N-methyl/N-ethyl adjacent to an activating group) is 1. The van der Waals surface area contributed by atoms with Crippen molar-refractivity contribution in [2.75, 3.05) is 39.8 Å². The van der Waals surface area contributed by atoms with Gasteiger partial charge in [0.15, 0.2) is 0 Å². The first-order chi connectivity index (χ1) is 13.0. The summed E-state index contributed by atoms with van der Waals surface area (Å²) in [7, 11) is -1.70. The van der Waals surface area contributed by atoms with E-state index in [1.807, 2.05) is 18.2 Å². The second-order valence-corrected chi connectivity index (χ2v) is 8.64. The minimum Gasteiger partial charge on any atom is -0.303 e. The highest BCUT2D eigenvalue weighted by molar-refractivity contribution is 7.89. The Morgan fingerprint density at radius 3 is 2.52 bits per heavy atom. The van der Waals surface area contributed by atoms with E-state index in [-0.39, 0.29) is 11.4 Å². The van der Waals surface area contributed by atoms with Crippen molar-refractivity contribution >= 4 is 10.0 Å². The molecule has 1 atom stereocenters. The molecule has 1 aliphatic heterocycles. The number of nitrogens with zero attached hydrogens (tertiary/aromatic N) is 2. The van der Waals surface area contributed by atoms with Gasteiger partial charge < -0.3 is 4.90 Å². The maximum atomic E-state index is 13.7. The molecule has 1 aliphatic rings. The van der Waals surface area contributed by atoms with Crippen LogP contribution in [0.1, 0.15) is 18.0 Å². The number of nitrogens with one attached hydrogen (secondary N) is 1. The van der Waals surface area contributed by atoms with Crippen LogP contribution in [0.5, 0.6) is 0 Å². The summed E-state index contributed by atoms with van der Waals surface area (Å²) in [4.78, 5) is 4.41. The number of hydrogen-bond acceptors (Lipinski definition) is 4. The molecule has 0 saturated carbocycles. The predicted molar refractivity (Wildman–Crippen MR) is 104 cm³/mol. The molecule has 1 saturated heterocycles. The lowest BCUT2D eigenvalue weighted by Gasteiger charge is -2.40. The van der Waals surface area contributed by atoms with E-state index in [0.717, 1.165) is 32.2 Å². The standard InChI is InChI=1S/C20H26FN3O2S/c1-23-14-15-24(19(16-23)17-8-3-2-4-9-17)13-7-12-22-27(25,26)20-11-6-5-10-18(20)21/h2-6,8-11,19,22H,7,12-16H2,1H3. The monoisotopic (exact) mass is 391 g/mol. The van der Waals surface area contributed by atoms with Gasteiger partial charge in [-0.05, 0) is 31.2 Å². The van der Waals surface area contributed by atoms with Gasteiger partial charge >= 0.3 is 0 Å². The van der Waals surface area contributed by atoms with E-state index >= 15 is 0 Å². The first kappa shape index (κ1) is 19.9. The number of rotatable bonds is 7. The SMILES string of the molecule is CN1CCN(CCCNS(=O)(=O)c2ccccc2F)C(c2ccccc2)C1. The van der Waals surface area contributed by atoms with Crippen LogP contribution in [-0.4, -0.2) is 58.0 Å². The number of hydrogen-bond donors (Lipinski definition) is 1. The fourth-order valence-electron chi connectivity index (χ4n) is 3.45. The van der Waals surface area contributed by atoms with Crippen LogP contribution in [0.15, 0.2) is 59.5 Å². The van der Waals surface area contributed by atoms with Crippen LogP contribution in [0.25, 0.3) is 0 Å². The third-order valence-electron chi connectivity index (χ3n) is 4.92. The fourth-order valence-corrected chi connectivity index (χ4v) is 4.60. The van der Waals surface area contributed by atoms with E-state index < -0.39 is 15.8 Å². The van der Waals surface area contributed by atoms with Gasteiger partial charge in [-0.15, -0.1) is 0 Å². The van der Waals surface area contributed by atoms with Crippen LogP contribution >= 0.6 is 0 Å². The van der Waals surface area contributed by atoms with Crippen molar-refractivity contribution in [1.82, 2.24) is 14.5 Å². The zero-order chi connectivity index (χ0) is 19.3. The zero-order valence-electron chi connectivity index (χ0n) is 15.5. The molecule has 27 heavy (non-hydrogen) atoms. The molecule has 1 unspecified atom stereocenters. The summed E-state index contributed by atoms with van der Waals surface area (Å²) in [6.45, 7) is 3.95. The summed E-state index contributed by atoms with van der Waals surface area (Å²) < 4.78 is 40.8. The van der Waals surface area contributed by atoms with Crippen molar-refractivity contribution in [3.8, 4) is 0 Å². The van der Waals surface area contributed by atoms with Crippen molar-refractivity contribution in [2.24, 2.45) is 0 Å². The smallest absolute Gasteiger partial charge is 0.243 e. The number of halogens is 1. The Bertz CT molecular complexity index is 845. The quantitative estimate of drug-likeness (QED) is 0.737. The summed E-state index contributed by atoms with van der Waals surface area (Å²) in [5.74, 6) is -0.729. The average molecular weight is 392 g/mol. The van der Waals surface area contributed by atoms with Crippen LogP contribution in [0.3, 0.4) is 0 Å². The number of benzene rings is 2. The molecule has 1 N–H and O–H groups in total. The van der Waals surface area contributed by atoms with Crippen molar-refractivity contribution in [3.63, 3.8) is 0 Å². The summed E-state index contributed by atoms with van der Waals surface area (Å²) in [6.07, 6.45) is 0.667. The molecule has 1 fully saturated rings. The molecule has 7 heteroatoms. The molecular formula is C20H26FN3O2S. The normalized spacial score (nSPS) is 19.3. The highest BCUT2D eigenvalue weighted by Crippen LogP contribution is 2.24. The number of sulfonamides is 1. The Balaban J connectivity index is 1.57. The largest absolute Gasteiger partial charge is 0.303 e. The van der Waals surface area contributed by atoms with E-state index in [1.165, 1.54) is 23.8 Å². The molecule has 0 aliphatic carbocycles. The summed E-state index contributed by atoms with van der Waals surface area (Å²) >= 11 is 0. The molecule has 5 nitrogen and oxygen atoms in total. The van der Waals surface area contributed by atoms with Crippen LogP contribution < -0.4 is 4.72 Å². The number of piperazine rings is 1. The summed E-state index contributed by atoms with van der Waals surface area (Å²) in [6, 6.07) is 16.1. The molecule has 0 aromatic heterocycles. The topological polar surface area (TPSA) is 52.6 Å². The maximum Gasteiger partial charge on any atom is 0.243 e. The average Bonchev–Trinajstić information content (AvgIpc) is 2.67. The Morgan fingerprint density at radius 1 is 1.07 bits per heavy atom. The highest BCUT2D eigenvalue weighted by Gasteiger charge is 2.26. The van der Waals surface area contributed by atoms with Crippen molar-refractivity contribution in [1.29, 1.82) is 0 Å². The van der Waals surface area contributed by atoms with E-state index in [1.54, 1.807) is 0 Å². The van der Waals surface area contributed by atoms with Crippen LogP contribution in [0.4, 0.5) is 4.39 Å². The van der Waals surface area contributed by atoms with Gasteiger partial charge in [0.25, 0.3) is 0 Å². The molecule has 2 aromatic carbocycles. The van der Waals surface area contributed by atoms with Crippen molar-refractivity contribution in [3.05, 3.63) is 66.0 Å². The Labute approximate surface area is 160 Å². The summed E-state index contributed by atoms with van der Waals surface area (Å²) in [5.41, 5.74) is 1.27. The van der Waals surface area contributed by atoms with Crippen molar-refractivity contribution < 1.29 is 12.8 Å². The first-order valence-corrected chi connectivity index (χ1v) is 10.7. The molecule has 1 heterocycles. The van der Waals surface area contributed by atoms with Crippen LogP contribution in [0.2, 0.25) is 0 Å². The van der Waals surface area contributed by atoms with Crippen molar-refractivity contribution in [2.45, 2.75) is 17.4 Å². The van der Waals surface area contributed by atoms with Gasteiger partial charge in [0.1, 0.15) is 10.7 Å². The maximum absolute atomic E-state index is 13.7. The molecule has 146 valence electrons. The van der Waals surface area contributed by atoms with E-state index in [4.69, 9.17) is 0 Å². The van der Waals surface area contributed by atoms with Gasteiger partial charge in [-0.3, -0.25) is 4.90 Å². The molecule has 0 bridgehead atoms. The minimum atomic E-state index is -3.82. The third-order valence-corrected chi connectivity index (χ3v) is 6.41. The second-order valence-electron chi connectivity index (χ2n) is 6.91. The van der Waals surface area contributed by atoms with E-state index in [9.17, 15) is 12.8 Å². The van der Waals surface area contributed by atoms with Gasteiger partial charge in [0.05, 0.1) is 0 Å². The lowest BCUT2D eigenvalue weighted by molar-refractivity contribution is 0.0892. The highest BCUT2D eigenvalue weighted by atomic mass is 32.2. The zero-order valence-corrected chi connectivity index (χ0v) is 16.3. The molecule has 2 aromatic rings.